The molecule has 1 aromatic heterocycles. The molecule has 0 aliphatic heterocycles. The average Bonchev–Trinajstić information content (AvgIpc) is 2.23. The molecule has 0 atom stereocenters. The Bertz CT molecular complexity index is 476. The van der Waals surface area contributed by atoms with E-state index in [-0.39, 0.29) is 12.4 Å². The van der Waals surface area contributed by atoms with Crippen molar-refractivity contribution in [3.63, 3.8) is 0 Å². The molecule has 0 unspecified atom stereocenters. The summed E-state index contributed by atoms with van der Waals surface area (Å²) in [5.41, 5.74) is 1.33. The van der Waals surface area contributed by atoms with Crippen LogP contribution < -0.4 is 4.72 Å². The van der Waals surface area contributed by atoms with E-state index < -0.39 is 10.0 Å². The zero-order chi connectivity index (χ0) is 12.9. The molecule has 0 radical (unpaired) electrons. The molecule has 96 valence electrons. The molecule has 17 heavy (non-hydrogen) atoms. The van der Waals surface area contributed by atoms with Gasteiger partial charge in [0.15, 0.2) is 0 Å². The largest absolute Gasteiger partial charge is 0.381 e. The van der Waals surface area contributed by atoms with Crippen molar-refractivity contribution in [1.82, 2.24) is 4.98 Å². The van der Waals surface area contributed by atoms with Crippen LogP contribution in [0, 0.1) is 6.92 Å². The van der Waals surface area contributed by atoms with E-state index in [1.54, 1.807) is 6.07 Å². The minimum absolute atomic E-state index is 0.0596. The lowest BCUT2D eigenvalue weighted by atomic mass is 10.3. The number of rotatable bonds is 6. The Morgan fingerprint density at radius 1 is 1.53 bits per heavy atom. The van der Waals surface area contributed by atoms with Gasteiger partial charge in [-0.1, -0.05) is 0 Å². The minimum atomic E-state index is -3.37. The van der Waals surface area contributed by atoms with Crippen LogP contribution in [0.1, 0.15) is 12.5 Å². The van der Waals surface area contributed by atoms with E-state index in [9.17, 15) is 8.42 Å². The minimum Gasteiger partial charge on any atom is -0.381 e. The number of pyridine rings is 1. The van der Waals surface area contributed by atoms with Crippen LogP contribution in [0.4, 0.5) is 5.69 Å². The van der Waals surface area contributed by atoms with E-state index in [4.69, 9.17) is 4.74 Å². The van der Waals surface area contributed by atoms with E-state index in [0.29, 0.717) is 16.9 Å². The maximum Gasteiger partial charge on any atom is 0.235 e. The number of halogens is 1. The van der Waals surface area contributed by atoms with E-state index in [0.717, 1.165) is 5.56 Å². The lowest BCUT2D eigenvalue weighted by Crippen LogP contribution is -2.20. The summed E-state index contributed by atoms with van der Waals surface area (Å²) in [4.78, 5) is 4.02. The van der Waals surface area contributed by atoms with Gasteiger partial charge in [0.05, 0.1) is 24.2 Å². The molecule has 0 saturated heterocycles. The Hall–Kier alpha value is -0.660. The quantitative estimate of drug-likeness (QED) is 0.642. The molecule has 0 aliphatic rings. The molecule has 7 heteroatoms. The SMILES string of the molecule is CCOCCS(=O)(=O)Nc1cnc(Br)c(C)c1. The molecule has 1 N–H and O–H groups in total. The van der Waals surface area contributed by atoms with Crippen molar-refractivity contribution in [3.8, 4) is 0 Å². The van der Waals surface area contributed by atoms with Gasteiger partial charge in [-0.15, -0.1) is 0 Å². The summed E-state index contributed by atoms with van der Waals surface area (Å²) in [6.07, 6.45) is 1.47. The summed E-state index contributed by atoms with van der Waals surface area (Å²) >= 11 is 3.25. The highest BCUT2D eigenvalue weighted by Gasteiger charge is 2.11. The van der Waals surface area contributed by atoms with E-state index in [2.05, 4.69) is 25.6 Å². The second-order valence-electron chi connectivity index (χ2n) is 3.45. The zero-order valence-corrected chi connectivity index (χ0v) is 12.1. The summed E-state index contributed by atoms with van der Waals surface area (Å²) in [5.74, 6) is -0.0596. The maximum atomic E-state index is 11.6. The van der Waals surface area contributed by atoms with Gasteiger partial charge >= 0.3 is 0 Å². The van der Waals surface area contributed by atoms with Crippen molar-refractivity contribution in [2.45, 2.75) is 13.8 Å². The number of ether oxygens (including phenoxy) is 1. The highest BCUT2D eigenvalue weighted by Crippen LogP contribution is 2.17. The Morgan fingerprint density at radius 3 is 2.82 bits per heavy atom. The second kappa shape index (κ2) is 6.32. The maximum absolute atomic E-state index is 11.6. The molecule has 0 saturated carbocycles. The van der Waals surface area contributed by atoms with Crippen LogP contribution in [0.25, 0.3) is 0 Å². The Kier molecular flexibility index (Phi) is 5.35. The van der Waals surface area contributed by atoms with Crippen LogP contribution in [-0.4, -0.2) is 32.4 Å². The topological polar surface area (TPSA) is 68.3 Å². The van der Waals surface area contributed by atoms with Gasteiger partial charge in [-0.05, 0) is 41.4 Å². The Labute approximate surface area is 110 Å². The summed E-state index contributed by atoms with van der Waals surface area (Å²) < 4.78 is 31.4. The van der Waals surface area contributed by atoms with Crippen LogP contribution >= 0.6 is 15.9 Å². The number of aryl methyl sites for hydroxylation is 1. The Morgan fingerprint density at radius 2 is 2.24 bits per heavy atom. The standard InChI is InChI=1S/C10H15BrN2O3S/c1-3-16-4-5-17(14,15)13-9-6-8(2)10(11)12-7-9/h6-7,13H,3-5H2,1-2H3. The highest BCUT2D eigenvalue weighted by atomic mass is 79.9. The number of aromatic nitrogens is 1. The molecular weight excluding hydrogens is 308 g/mol. The molecular formula is C10H15BrN2O3S. The molecule has 0 spiro atoms. The fraction of sp³-hybridized carbons (Fsp3) is 0.500. The molecule has 0 amide bonds. The number of nitrogens with zero attached hydrogens (tertiary/aromatic N) is 1. The van der Waals surface area contributed by atoms with Gasteiger partial charge in [-0.3, -0.25) is 4.72 Å². The van der Waals surface area contributed by atoms with Gasteiger partial charge in [0.2, 0.25) is 10.0 Å². The lowest BCUT2D eigenvalue weighted by molar-refractivity contribution is 0.163. The van der Waals surface area contributed by atoms with Gasteiger partial charge < -0.3 is 4.74 Å². The predicted octanol–water partition coefficient (Wildman–Crippen LogP) is 1.93. The third-order valence-corrected chi connectivity index (χ3v) is 4.07. The fourth-order valence-corrected chi connectivity index (χ4v) is 2.28. The number of nitrogens with one attached hydrogen (secondary N) is 1. The van der Waals surface area contributed by atoms with E-state index >= 15 is 0 Å². The van der Waals surface area contributed by atoms with Crippen molar-refractivity contribution in [2.24, 2.45) is 0 Å². The monoisotopic (exact) mass is 322 g/mol. The van der Waals surface area contributed by atoms with Crippen molar-refractivity contribution >= 4 is 31.6 Å². The molecule has 0 aliphatic carbocycles. The Balaban J connectivity index is 2.66. The number of anilines is 1. The number of sulfonamides is 1. The van der Waals surface area contributed by atoms with Crippen LogP contribution in [0.15, 0.2) is 16.9 Å². The fourth-order valence-electron chi connectivity index (χ4n) is 1.16. The van der Waals surface area contributed by atoms with Crippen LogP contribution in [0.2, 0.25) is 0 Å². The van der Waals surface area contributed by atoms with Crippen molar-refractivity contribution in [1.29, 1.82) is 0 Å². The van der Waals surface area contributed by atoms with Gasteiger partial charge in [-0.25, -0.2) is 13.4 Å². The molecule has 1 heterocycles. The van der Waals surface area contributed by atoms with Gasteiger partial charge in [0.1, 0.15) is 4.60 Å². The summed E-state index contributed by atoms with van der Waals surface area (Å²) in [6, 6.07) is 1.72. The van der Waals surface area contributed by atoms with Crippen molar-refractivity contribution in [3.05, 3.63) is 22.4 Å². The first-order valence-electron chi connectivity index (χ1n) is 5.15. The van der Waals surface area contributed by atoms with E-state index in [1.807, 2.05) is 13.8 Å². The van der Waals surface area contributed by atoms with Crippen molar-refractivity contribution < 1.29 is 13.2 Å². The molecule has 0 fully saturated rings. The molecule has 1 aromatic rings. The normalized spacial score (nSPS) is 11.5. The number of hydrogen-bond donors (Lipinski definition) is 1. The first-order valence-corrected chi connectivity index (χ1v) is 7.59. The molecule has 0 aromatic carbocycles. The van der Waals surface area contributed by atoms with Crippen LogP contribution in [-0.2, 0) is 14.8 Å². The predicted molar refractivity (Wildman–Crippen MR) is 70.6 cm³/mol. The number of hydrogen-bond acceptors (Lipinski definition) is 4. The smallest absolute Gasteiger partial charge is 0.235 e. The van der Waals surface area contributed by atoms with Crippen LogP contribution in [0.3, 0.4) is 0 Å². The highest BCUT2D eigenvalue weighted by molar-refractivity contribution is 9.10. The first-order chi connectivity index (χ1) is 7.94. The van der Waals surface area contributed by atoms with E-state index in [1.165, 1.54) is 6.20 Å². The summed E-state index contributed by atoms with van der Waals surface area (Å²) in [6.45, 7) is 4.36. The third-order valence-electron chi connectivity index (χ3n) is 1.99. The summed E-state index contributed by atoms with van der Waals surface area (Å²) in [7, 11) is -3.37. The van der Waals surface area contributed by atoms with Gasteiger partial charge in [-0.2, -0.15) is 0 Å². The molecule has 1 rings (SSSR count). The molecule has 5 nitrogen and oxygen atoms in total. The molecule has 0 bridgehead atoms. The van der Waals surface area contributed by atoms with Gasteiger partial charge in [0.25, 0.3) is 0 Å². The van der Waals surface area contributed by atoms with Crippen molar-refractivity contribution in [2.75, 3.05) is 23.7 Å². The second-order valence-corrected chi connectivity index (χ2v) is 6.04. The summed E-state index contributed by atoms with van der Waals surface area (Å²) in [5, 5.41) is 0. The first kappa shape index (κ1) is 14.4. The lowest BCUT2D eigenvalue weighted by Gasteiger charge is -2.08. The third kappa shape index (κ3) is 5.01. The zero-order valence-electron chi connectivity index (χ0n) is 9.73. The van der Waals surface area contributed by atoms with Crippen LogP contribution in [0.5, 0.6) is 0 Å². The average molecular weight is 323 g/mol. The van der Waals surface area contributed by atoms with Gasteiger partial charge in [0, 0.05) is 6.61 Å².